The molecule has 0 aromatic carbocycles. The van der Waals surface area contributed by atoms with Crippen molar-refractivity contribution >= 4 is 11.4 Å². The minimum atomic E-state index is -1.14. The molecule has 0 unspecified atom stereocenters. The Morgan fingerprint density at radius 1 is 1.50 bits per heavy atom. The van der Waals surface area contributed by atoms with E-state index in [1.165, 1.54) is 0 Å². The van der Waals surface area contributed by atoms with Gasteiger partial charge in [0.25, 0.3) is 0 Å². The van der Waals surface area contributed by atoms with Crippen molar-refractivity contribution in [2.24, 2.45) is 0 Å². The molecule has 3 rings (SSSR count). The van der Waals surface area contributed by atoms with Crippen molar-refractivity contribution in [3.05, 3.63) is 30.2 Å². The molecule has 0 amide bonds. The van der Waals surface area contributed by atoms with Crippen LogP contribution in [-0.2, 0) is 0 Å². The van der Waals surface area contributed by atoms with Gasteiger partial charge in [0, 0.05) is 17.8 Å². The van der Waals surface area contributed by atoms with E-state index >= 15 is 0 Å². The number of hydrogen-bond donors (Lipinski definition) is 1. The fourth-order valence-electron chi connectivity index (χ4n) is 1.70. The number of nitrogens with one attached hydrogen (secondary N) is 1. The summed E-state index contributed by atoms with van der Waals surface area (Å²) in [6.07, 6.45) is 3.53. The summed E-state index contributed by atoms with van der Waals surface area (Å²) in [6.45, 7) is 0. The zero-order chi connectivity index (χ0) is 9.00. The van der Waals surface area contributed by atoms with Gasteiger partial charge in [-0.1, -0.05) is 0 Å². The Kier molecular flexibility index (Phi) is 2.06. The smallest absolute Gasteiger partial charge is 0.543 e. The van der Waals surface area contributed by atoms with Crippen LogP contribution in [0.5, 0.6) is 0 Å². The summed E-state index contributed by atoms with van der Waals surface area (Å²) in [5, 5.41) is 11.6. The van der Waals surface area contributed by atoms with Crippen molar-refractivity contribution in [2.75, 3.05) is 0 Å². The summed E-state index contributed by atoms with van der Waals surface area (Å²) in [5.41, 5.74) is 2.11. The standard InChI is InChI=1S/C9H6N2O2.Na/c12-9(13)7-3-5-1-2-10-6-4-11(7)8(5)6;/h1-4,10H,(H,12,13);/q;+1/p-1. The fraction of sp³-hybridized carbons (Fsp3) is 0. The van der Waals surface area contributed by atoms with Gasteiger partial charge in [0.1, 0.15) is 0 Å². The van der Waals surface area contributed by atoms with Gasteiger partial charge in [-0.3, -0.25) is 0 Å². The Bertz CT molecular complexity index is 554. The third-order valence-electron chi connectivity index (χ3n) is 2.29. The Morgan fingerprint density at radius 3 is 2.93 bits per heavy atom. The molecule has 3 heterocycles. The van der Waals surface area contributed by atoms with E-state index < -0.39 is 5.97 Å². The molecule has 0 fully saturated rings. The summed E-state index contributed by atoms with van der Waals surface area (Å²) in [4.78, 5) is 13.7. The molecule has 4 nitrogen and oxygen atoms in total. The van der Waals surface area contributed by atoms with Crippen molar-refractivity contribution in [2.45, 2.75) is 0 Å². The number of pyridine rings is 1. The van der Waals surface area contributed by atoms with E-state index in [0.29, 0.717) is 0 Å². The van der Waals surface area contributed by atoms with Crippen LogP contribution in [0.2, 0.25) is 0 Å². The fourth-order valence-corrected chi connectivity index (χ4v) is 1.70. The van der Waals surface area contributed by atoms with Crippen LogP contribution in [0.1, 0.15) is 10.5 Å². The molecular formula is C9H5N2NaO2. The first-order valence-corrected chi connectivity index (χ1v) is 3.89. The van der Waals surface area contributed by atoms with Gasteiger partial charge in [0.05, 0.1) is 23.1 Å². The molecule has 0 saturated heterocycles. The zero-order valence-electron chi connectivity index (χ0n) is 7.57. The SMILES string of the molecule is O=C([O-])c1cc2cc[nH]c3cn1c2-3.[Na+]. The largest absolute Gasteiger partial charge is 1.00 e. The molecule has 0 radical (unpaired) electrons. The van der Waals surface area contributed by atoms with Gasteiger partial charge in [-0.25, -0.2) is 0 Å². The number of aromatic carboxylic acids is 1. The summed E-state index contributed by atoms with van der Waals surface area (Å²) in [5.74, 6) is -1.14. The van der Waals surface area contributed by atoms with E-state index in [-0.39, 0.29) is 35.3 Å². The number of hydrogen-bond acceptors (Lipinski definition) is 2. The van der Waals surface area contributed by atoms with Gasteiger partial charge in [0.15, 0.2) is 0 Å². The van der Waals surface area contributed by atoms with E-state index in [2.05, 4.69) is 4.98 Å². The monoisotopic (exact) mass is 196 g/mol. The number of carbonyl (C=O) groups is 1. The number of carboxylic acids is 1. The molecule has 1 N–H and O–H groups in total. The number of aromatic nitrogens is 2. The molecule has 0 atom stereocenters. The van der Waals surface area contributed by atoms with Crippen molar-refractivity contribution in [3.8, 4) is 11.4 Å². The number of rotatable bonds is 1. The molecule has 0 spiro atoms. The van der Waals surface area contributed by atoms with Gasteiger partial charge in [-0.2, -0.15) is 0 Å². The van der Waals surface area contributed by atoms with Gasteiger partial charge in [0.2, 0.25) is 0 Å². The molecule has 0 aliphatic carbocycles. The molecule has 14 heavy (non-hydrogen) atoms. The van der Waals surface area contributed by atoms with Crippen molar-refractivity contribution < 1.29 is 39.5 Å². The molecule has 0 bridgehead atoms. The maximum absolute atomic E-state index is 10.7. The van der Waals surface area contributed by atoms with Crippen LogP contribution in [0, 0.1) is 0 Å². The number of nitrogens with zero attached hydrogens (tertiary/aromatic N) is 1. The van der Waals surface area contributed by atoms with E-state index in [4.69, 9.17) is 0 Å². The van der Waals surface area contributed by atoms with Crippen LogP contribution < -0.4 is 34.7 Å². The number of H-pyrrole nitrogens is 1. The second-order valence-corrected chi connectivity index (χ2v) is 3.01. The van der Waals surface area contributed by atoms with Crippen LogP contribution >= 0.6 is 0 Å². The first kappa shape index (κ1) is 9.58. The van der Waals surface area contributed by atoms with Gasteiger partial charge in [-0.15, -0.1) is 0 Å². The predicted molar refractivity (Wildman–Crippen MR) is 43.9 cm³/mol. The van der Waals surface area contributed by atoms with Crippen LogP contribution in [0.4, 0.5) is 0 Å². The molecular weight excluding hydrogens is 191 g/mol. The number of aromatic amines is 1. The van der Waals surface area contributed by atoms with Gasteiger partial charge < -0.3 is 19.3 Å². The Morgan fingerprint density at radius 2 is 2.29 bits per heavy atom. The average Bonchev–Trinajstić information content (AvgIpc) is 2.38. The van der Waals surface area contributed by atoms with Crippen LogP contribution in [0.3, 0.4) is 0 Å². The first-order chi connectivity index (χ1) is 6.27. The summed E-state index contributed by atoms with van der Waals surface area (Å²) in [6, 6.07) is 3.46. The van der Waals surface area contributed by atoms with E-state index in [0.717, 1.165) is 16.8 Å². The van der Waals surface area contributed by atoms with Crippen molar-refractivity contribution in [1.29, 1.82) is 0 Å². The van der Waals surface area contributed by atoms with E-state index in [1.807, 2.05) is 6.07 Å². The number of carboxylic acid groups (broad SMARTS) is 1. The quantitative estimate of drug-likeness (QED) is 0.427. The maximum Gasteiger partial charge on any atom is 1.00 e. The van der Waals surface area contributed by atoms with Gasteiger partial charge >= 0.3 is 29.6 Å². The third-order valence-corrected chi connectivity index (χ3v) is 2.29. The second-order valence-electron chi connectivity index (χ2n) is 3.01. The van der Waals surface area contributed by atoms with Crippen LogP contribution in [0.15, 0.2) is 24.5 Å². The van der Waals surface area contributed by atoms with E-state index in [1.54, 1.807) is 22.9 Å². The molecule has 2 aliphatic heterocycles. The molecule has 64 valence electrons. The first-order valence-electron chi connectivity index (χ1n) is 3.89. The summed E-state index contributed by atoms with van der Waals surface area (Å²) in [7, 11) is 0. The summed E-state index contributed by atoms with van der Waals surface area (Å²) >= 11 is 0. The molecule has 5 heteroatoms. The second kappa shape index (κ2) is 3.02. The Hall–Kier alpha value is -0.970. The average molecular weight is 196 g/mol. The third kappa shape index (κ3) is 1.02. The van der Waals surface area contributed by atoms with Crippen LogP contribution in [0.25, 0.3) is 16.8 Å². The number of carbonyl (C=O) groups excluding carboxylic acids is 1. The Labute approximate surface area is 102 Å². The van der Waals surface area contributed by atoms with E-state index in [9.17, 15) is 9.90 Å². The molecule has 1 aromatic rings. The topological polar surface area (TPSA) is 60.3 Å². The normalized spacial score (nSPS) is 10.9. The van der Waals surface area contributed by atoms with Crippen molar-refractivity contribution in [3.63, 3.8) is 0 Å². The Balaban J connectivity index is 0.000000750. The minimum Gasteiger partial charge on any atom is -0.543 e. The minimum absolute atomic E-state index is 0. The summed E-state index contributed by atoms with van der Waals surface area (Å²) < 4.78 is 1.62. The van der Waals surface area contributed by atoms with Crippen LogP contribution in [-0.4, -0.2) is 15.4 Å². The predicted octanol–water partition coefficient (Wildman–Crippen LogP) is -2.82. The maximum atomic E-state index is 10.7. The molecule has 0 saturated carbocycles. The molecule has 2 aliphatic rings. The van der Waals surface area contributed by atoms with Gasteiger partial charge in [-0.05, 0) is 12.1 Å². The zero-order valence-corrected chi connectivity index (χ0v) is 9.57. The van der Waals surface area contributed by atoms with Crippen molar-refractivity contribution in [1.82, 2.24) is 9.38 Å². The molecule has 1 aromatic heterocycles.